The van der Waals surface area contributed by atoms with Gasteiger partial charge in [0.25, 0.3) is 0 Å². The van der Waals surface area contributed by atoms with Crippen LogP contribution in [0.5, 0.6) is 0 Å². The van der Waals surface area contributed by atoms with Gasteiger partial charge < -0.3 is 27.4 Å². The van der Waals surface area contributed by atoms with E-state index in [2.05, 4.69) is 24.3 Å². The quantitative estimate of drug-likeness (QED) is 0.555. The summed E-state index contributed by atoms with van der Waals surface area (Å²) in [6.45, 7) is 1.73. The first-order valence-electron chi connectivity index (χ1n) is 6.03. The van der Waals surface area contributed by atoms with Crippen molar-refractivity contribution in [2.24, 2.45) is 0 Å². The molecule has 2 atom stereocenters. The zero-order valence-electron chi connectivity index (χ0n) is 11.2. The minimum Gasteiger partial charge on any atom is -1.00 e. The van der Waals surface area contributed by atoms with Crippen molar-refractivity contribution in [2.45, 2.75) is 31.5 Å². The van der Waals surface area contributed by atoms with Crippen molar-refractivity contribution in [1.82, 2.24) is 0 Å². The van der Waals surface area contributed by atoms with Gasteiger partial charge in [0.05, 0.1) is 19.3 Å². The largest absolute Gasteiger partial charge is 1.00 e. The van der Waals surface area contributed by atoms with Crippen LogP contribution < -0.4 is 12.4 Å². The van der Waals surface area contributed by atoms with Crippen molar-refractivity contribution < 1.29 is 49.1 Å². The third-order valence-electron chi connectivity index (χ3n) is 2.34. The number of aliphatic hydroxyl groups excluding tert-OH is 2. The van der Waals surface area contributed by atoms with E-state index in [1.165, 1.54) is 6.61 Å². The second-order valence-corrected chi connectivity index (χ2v) is 3.88. The van der Waals surface area contributed by atoms with E-state index in [4.69, 9.17) is 14.9 Å². The molecule has 3 aliphatic rings. The smallest absolute Gasteiger partial charge is 0.103 e. The second-order valence-electron chi connectivity index (χ2n) is 3.88. The first kappa shape index (κ1) is 22.1. The van der Waals surface area contributed by atoms with E-state index in [1.807, 2.05) is 24.3 Å². The fraction of sp³-hybridized carbons (Fsp3) is 0.400. The van der Waals surface area contributed by atoms with Crippen molar-refractivity contribution in [3.63, 3.8) is 0 Å². The van der Waals surface area contributed by atoms with Crippen LogP contribution in [-0.2, 0) is 26.5 Å². The van der Waals surface area contributed by atoms with Gasteiger partial charge in [-0.1, -0.05) is 36.5 Å². The maximum Gasteiger partial charge on any atom is 0.103 e. The molecule has 0 spiro atoms. The Bertz CT molecular complexity index is 275. The fourth-order valence-electron chi connectivity index (χ4n) is 1.28. The summed E-state index contributed by atoms with van der Waals surface area (Å²) in [7, 11) is 0. The van der Waals surface area contributed by atoms with Crippen molar-refractivity contribution in [3.05, 3.63) is 55.2 Å². The van der Waals surface area contributed by atoms with Crippen LogP contribution in [0.3, 0.4) is 0 Å². The Morgan fingerprint density at radius 2 is 1.50 bits per heavy atom. The van der Waals surface area contributed by atoms with Crippen LogP contribution in [0.4, 0.5) is 0 Å². The van der Waals surface area contributed by atoms with E-state index in [-0.39, 0.29) is 40.7 Å². The minimum atomic E-state index is -0.694. The first-order valence-corrected chi connectivity index (χ1v) is 6.03. The molecule has 2 N–H and O–H groups in total. The zero-order chi connectivity index (χ0) is 13.1. The van der Waals surface area contributed by atoms with E-state index >= 15 is 0 Å². The Morgan fingerprint density at radius 3 is 1.70 bits per heavy atom. The molecular formula is C15H19ClO3Ti-. The van der Waals surface area contributed by atoms with Gasteiger partial charge in [-0.2, -0.15) is 0 Å². The van der Waals surface area contributed by atoms with Crippen LogP contribution >= 0.6 is 0 Å². The maximum absolute atomic E-state index is 8.82. The Labute approximate surface area is 142 Å². The van der Waals surface area contributed by atoms with Crippen molar-refractivity contribution in [3.8, 4) is 0 Å². The maximum atomic E-state index is 8.82. The molecule has 0 aromatic heterocycles. The molecule has 1 aliphatic heterocycles. The van der Waals surface area contributed by atoms with Crippen molar-refractivity contribution in [1.29, 1.82) is 0 Å². The summed E-state index contributed by atoms with van der Waals surface area (Å²) in [5, 5.41) is 17.6. The minimum absolute atomic E-state index is 0. The van der Waals surface area contributed by atoms with Crippen molar-refractivity contribution >= 4 is 0 Å². The Balaban J connectivity index is 0. The summed E-state index contributed by atoms with van der Waals surface area (Å²) >= 11 is 0. The molecular weight excluding hydrogens is 311 g/mol. The summed E-state index contributed by atoms with van der Waals surface area (Å²) in [6.07, 6.45) is 19.1. The predicted molar refractivity (Wildman–Crippen MR) is 70.0 cm³/mol. The zero-order valence-corrected chi connectivity index (χ0v) is 13.5. The van der Waals surface area contributed by atoms with Crippen molar-refractivity contribution in [2.75, 3.05) is 6.61 Å². The van der Waals surface area contributed by atoms with E-state index in [1.54, 1.807) is 0 Å². The number of ether oxygens (including phenoxy) is 1. The average molecular weight is 331 g/mol. The van der Waals surface area contributed by atoms with Gasteiger partial charge in [0.15, 0.2) is 0 Å². The summed E-state index contributed by atoms with van der Waals surface area (Å²) in [6, 6.07) is 0. The van der Waals surface area contributed by atoms with Gasteiger partial charge in [0.1, 0.15) is 6.10 Å². The molecule has 109 valence electrons. The molecule has 1 fully saturated rings. The number of halogens is 1. The predicted octanol–water partition coefficient (Wildman–Crippen LogP) is -1.10. The molecule has 5 heteroatoms. The number of rotatable bonds is 0. The van der Waals surface area contributed by atoms with E-state index in [0.717, 1.165) is 12.8 Å². The monoisotopic (exact) mass is 330 g/mol. The van der Waals surface area contributed by atoms with Crippen LogP contribution in [0.15, 0.2) is 36.5 Å². The third kappa shape index (κ3) is 11.7. The van der Waals surface area contributed by atoms with Crippen LogP contribution in [0.1, 0.15) is 19.3 Å². The molecule has 0 bridgehead atoms. The van der Waals surface area contributed by atoms with Gasteiger partial charge in [-0.3, -0.25) is 0 Å². The molecule has 3 radical (unpaired) electrons. The molecule has 0 aromatic rings. The Kier molecular flexibility index (Phi) is 16.9. The molecule has 1 heterocycles. The molecule has 3 rings (SSSR count). The molecule has 0 aromatic carbocycles. The Hall–Kier alpha value is -0.156. The summed E-state index contributed by atoms with van der Waals surface area (Å²) < 4.78 is 4.72. The molecule has 0 amide bonds. The van der Waals surface area contributed by atoms with E-state index in [0.29, 0.717) is 6.42 Å². The number of hydrogen-bond donors (Lipinski definition) is 2. The number of aliphatic hydroxyl groups is 2. The van der Waals surface area contributed by atoms with E-state index < -0.39 is 12.2 Å². The molecule has 0 unspecified atom stereocenters. The molecule has 20 heavy (non-hydrogen) atoms. The standard InChI is InChI=1S/C5H9O3.2C5H5.ClH.Ti/c6-4-1-2-8-3-5(4)7;2*1-2-4-5-3-1;;/h2,4-7H,1,3H2;2*1-3H,4H2;1H;/p-1/t4-,5+;;;;/m0..../s1. The van der Waals surface area contributed by atoms with Gasteiger partial charge >= 0.3 is 0 Å². The topological polar surface area (TPSA) is 49.7 Å². The molecule has 3 nitrogen and oxygen atoms in total. The van der Waals surface area contributed by atoms with Crippen LogP contribution in [0.25, 0.3) is 0 Å². The van der Waals surface area contributed by atoms with Gasteiger partial charge in [-0.05, 0) is 25.0 Å². The van der Waals surface area contributed by atoms with E-state index in [9.17, 15) is 0 Å². The SMILES string of the molecule is O[C@@H]1CO[CH]C[C@@H]1O.[C]1=CC=CC1.[C]1=CC=CC1.[Cl-].[Ti]. The van der Waals surface area contributed by atoms with Crippen LogP contribution in [0, 0.1) is 18.8 Å². The molecule has 1 saturated heterocycles. The average Bonchev–Trinajstić information content (AvgIpc) is 3.11. The van der Waals surface area contributed by atoms with Gasteiger partial charge in [0, 0.05) is 28.1 Å². The van der Waals surface area contributed by atoms with Gasteiger partial charge in [0.2, 0.25) is 0 Å². The van der Waals surface area contributed by atoms with Gasteiger partial charge in [-0.15, -0.1) is 0 Å². The number of allylic oxidation sites excluding steroid dienone is 8. The molecule has 2 aliphatic carbocycles. The van der Waals surface area contributed by atoms with Gasteiger partial charge in [-0.25, -0.2) is 0 Å². The first-order chi connectivity index (χ1) is 8.80. The van der Waals surface area contributed by atoms with Crippen LogP contribution in [0.2, 0.25) is 0 Å². The summed E-state index contributed by atoms with van der Waals surface area (Å²) in [4.78, 5) is 0. The van der Waals surface area contributed by atoms with Crippen LogP contribution in [-0.4, -0.2) is 29.0 Å². The fourth-order valence-corrected chi connectivity index (χ4v) is 1.28. The summed E-state index contributed by atoms with van der Waals surface area (Å²) in [5.41, 5.74) is 0. The molecule has 0 saturated carbocycles. The Morgan fingerprint density at radius 1 is 0.950 bits per heavy atom. The second kappa shape index (κ2) is 15.2. The third-order valence-corrected chi connectivity index (χ3v) is 2.34. The summed E-state index contributed by atoms with van der Waals surface area (Å²) in [5.74, 6) is 0. The normalized spacial score (nSPS) is 24.7. The number of hydrogen-bond acceptors (Lipinski definition) is 3.